The van der Waals surface area contributed by atoms with E-state index in [1.165, 1.54) is 21.1 Å². The Kier molecular flexibility index (Phi) is 5.84. The van der Waals surface area contributed by atoms with E-state index in [1.807, 2.05) is 0 Å². The van der Waals surface area contributed by atoms with E-state index in [2.05, 4.69) is 10.6 Å². The first-order chi connectivity index (χ1) is 12.0. The summed E-state index contributed by atoms with van der Waals surface area (Å²) in [6.45, 7) is 1.40. The number of nitrogens with one attached hydrogen (secondary N) is 2. The molecule has 2 rings (SSSR count). The van der Waals surface area contributed by atoms with E-state index in [0.717, 1.165) is 0 Å². The highest BCUT2D eigenvalue weighted by Gasteiger charge is 2.16. The summed E-state index contributed by atoms with van der Waals surface area (Å²) in [5.41, 5.74) is 1.27. The molecule has 0 fully saturated rings. The lowest BCUT2D eigenvalue weighted by Gasteiger charge is -2.14. The molecule has 7 nitrogen and oxygen atoms in total. The first-order valence-electron chi connectivity index (χ1n) is 7.47. The third kappa shape index (κ3) is 4.41. The third-order valence-corrected chi connectivity index (χ3v) is 3.42. The van der Waals surface area contributed by atoms with Gasteiger partial charge in [-0.1, -0.05) is 0 Å². The van der Waals surface area contributed by atoms with E-state index < -0.39 is 5.91 Å². The van der Waals surface area contributed by atoms with Gasteiger partial charge in [-0.15, -0.1) is 0 Å². The number of amides is 2. The van der Waals surface area contributed by atoms with Gasteiger partial charge >= 0.3 is 0 Å². The number of benzene rings is 2. The summed E-state index contributed by atoms with van der Waals surface area (Å²) in [4.78, 5) is 23.9. The summed E-state index contributed by atoms with van der Waals surface area (Å²) in [6, 6.07) is 9.88. The summed E-state index contributed by atoms with van der Waals surface area (Å²) < 4.78 is 15.6. The van der Waals surface area contributed by atoms with Crippen molar-refractivity contribution in [1.29, 1.82) is 0 Å². The number of hydrogen-bond acceptors (Lipinski definition) is 5. The van der Waals surface area contributed by atoms with E-state index in [4.69, 9.17) is 14.2 Å². The molecule has 0 aliphatic rings. The van der Waals surface area contributed by atoms with Gasteiger partial charge in [0.2, 0.25) is 5.91 Å². The second-order valence-corrected chi connectivity index (χ2v) is 5.12. The molecule has 132 valence electrons. The molecule has 2 amide bonds. The van der Waals surface area contributed by atoms with Crippen molar-refractivity contribution < 1.29 is 23.8 Å². The molecule has 0 unspecified atom stereocenters. The molecule has 0 aliphatic carbocycles. The Morgan fingerprint density at radius 3 is 2.16 bits per heavy atom. The molecule has 7 heteroatoms. The Bertz CT molecular complexity index is 789. The number of carbonyl (C=O) groups excluding carboxylic acids is 2. The molecule has 2 aromatic rings. The van der Waals surface area contributed by atoms with E-state index >= 15 is 0 Å². The molecule has 0 saturated carbocycles. The summed E-state index contributed by atoms with van der Waals surface area (Å²) in [5, 5.41) is 5.41. The molecule has 0 aromatic heterocycles. The maximum absolute atomic E-state index is 12.7. The number of methoxy groups -OCH3 is 3. The highest BCUT2D eigenvalue weighted by molar-refractivity contribution is 6.08. The van der Waals surface area contributed by atoms with Gasteiger partial charge in [0.25, 0.3) is 5.91 Å². The quantitative estimate of drug-likeness (QED) is 0.841. The lowest BCUT2D eigenvalue weighted by molar-refractivity contribution is -0.114. The standard InChI is InChI=1S/C18H20N2O5/c1-11(21)19-12-5-8-16(24-3)14(9-12)18(22)20-15-7-6-13(23-2)10-17(15)25-4/h5-10H,1-4H3,(H,19,21)(H,20,22). The second-order valence-electron chi connectivity index (χ2n) is 5.12. The second kappa shape index (κ2) is 8.05. The van der Waals surface area contributed by atoms with Crippen LogP contribution < -0.4 is 24.8 Å². The molecule has 0 spiro atoms. The maximum atomic E-state index is 12.7. The zero-order valence-corrected chi connectivity index (χ0v) is 14.5. The van der Waals surface area contributed by atoms with Gasteiger partial charge in [-0.25, -0.2) is 0 Å². The average Bonchev–Trinajstić information content (AvgIpc) is 2.61. The van der Waals surface area contributed by atoms with E-state index in [9.17, 15) is 9.59 Å². The summed E-state index contributed by atoms with van der Waals surface area (Å²) in [7, 11) is 4.52. The fraction of sp³-hybridized carbons (Fsp3) is 0.222. The molecule has 25 heavy (non-hydrogen) atoms. The van der Waals surface area contributed by atoms with E-state index in [-0.39, 0.29) is 11.5 Å². The number of ether oxygens (including phenoxy) is 3. The topological polar surface area (TPSA) is 85.9 Å². The third-order valence-electron chi connectivity index (χ3n) is 3.42. The SMILES string of the molecule is COc1ccc(NC(=O)c2cc(NC(C)=O)ccc2OC)c(OC)c1. The summed E-state index contributed by atoms with van der Waals surface area (Å²) >= 11 is 0. The van der Waals surface area contributed by atoms with Crippen LogP contribution in [0.2, 0.25) is 0 Å². The number of hydrogen-bond donors (Lipinski definition) is 2. The van der Waals surface area contributed by atoms with Crippen molar-refractivity contribution in [3.63, 3.8) is 0 Å². The van der Waals surface area contributed by atoms with Crippen LogP contribution in [0.5, 0.6) is 17.2 Å². The lowest BCUT2D eigenvalue weighted by atomic mass is 10.1. The Labute approximate surface area is 145 Å². The van der Waals surface area contributed by atoms with Crippen LogP contribution in [0.15, 0.2) is 36.4 Å². The lowest BCUT2D eigenvalue weighted by Crippen LogP contribution is -2.15. The predicted octanol–water partition coefficient (Wildman–Crippen LogP) is 2.92. The minimum absolute atomic E-state index is 0.228. The molecule has 0 atom stereocenters. The van der Waals surface area contributed by atoms with Crippen LogP contribution in [-0.4, -0.2) is 33.1 Å². The summed E-state index contributed by atoms with van der Waals surface area (Å²) in [5.74, 6) is 0.838. The van der Waals surface area contributed by atoms with Gasteiger partial charge in [-0.3, -0.25) is 9.59 Å². The van der Waals surface area contributed by atoms with Gasteiger partial charge in [0, 0.05) is 18.7 Å². The van der Waals surface area contributed by atoms with Crippen LogP contribution in [0.1, 0.15) is 17.3 Å². The molecular formula is C18H20N2O5. The molecular weight excluding hydrogens is 324 g/mol. The first kappa shape index (κ1) is 18.1. The Morgan fingerprint density at radius 1 is 0.840 bits per heavy atom. The van der Waals surface area contributed by atoms with Crippen LogP contribution in [-0.2, 0) is 4.79 Å². The van der Waals surface area contributed by atoms with E-state index in [0.29, 0.717) is 28.6 Å². The van der Waals surface area contributed by atoms with Crippen LogP contribution in [0.25, 0.3) is 0 Å². The molecule has 0 radical (unpaired) electrons. The molecule has 0 aliphatic heterocycles. The Hall–Kier alpha value is -3.22. The molecule has 2 aromatic carbocycles. The highest BCUT2D eigenvalue weighted by Crippen LogP contribution is 2.30. The Morgan fingerprint density at radius 2 is 1.56 bits per heavy atom. The monoisotopic (exact) mass is 344 g/mol. The largest absolute Gasteiger partial charge is 0.497 e. The van der Waals surface area contributed by atoms with Crippen LogP contribution in [0, 0.1) is 0 Å². The number of carbonyl (C=O) groups is 2. The molecule has 2 N–H and O–H groups in total. The number of anilines is 2. The van der Waals surface area contributed by atoms with Crippen LogP contribution in [0.4, 0.5) is 11.4 Å². The van der Waals surface area contributed by atoms with Crippen molar-refractivity contribution in [2.75, 3.05) is 32.0 Å². The minimum atomic E-state index is -0.396. The predicted molar refractivity (Wildman–Crippen MR) is 94.8 cm³/mol. The van der Waals surface area contributed by atoms with Gasteiger partial charge in [0.15, 0.2) is 0 Å². The van der Waals surface area contributed by atoms with Crippen molar-refractivity contribution in [3.05, 3.63) is 42.0 Å². The van der Waals surface area contributed by atoms with Gasteiger partial charge in [0.1, 0.15) is 17.2 Å². The van der Waals surface area contributed by atoms with Crippen LogP contribution >= 0.6 is 0 Å². The van der Waals surface area contributed by atoms with Crippen molar-refractivity contribution in [2.45, 2.75) is 6.92 Å². The van der Waals surface area contributed by atoms with Gasteiger partial charge in [-0.05, 0) is 30.3 Å². The smallest absolute Gasteiger partial charge is 0.259 e. The van der Waals surface area contributed by atoms with E-state index in [1.54, 1.807) is 43.5 Å². The molecule has 0 heterocycles. The highest BCUT2D eigenvalue weighted by atomic mass is 16.5. The fourth-order valence-corrected chi connectivity index (χ4v) is 2.26. The first-order valence-corrected chi connectivity index (χ1v) is 7.47. The zero-order chi connectivity index (χ0) is 18.4. The molecule has 0 saturated heterocycles. The maximum Gasteiger partial charge on any atom is 0.259 e. The van der Waals surface area contributed by atoms with Gasteiger partial charge < -0.3 is 24.8 Å². The van der Waals surface area contributed by atoms with Crippen molar-refractivity contribution in [3.8, 4) is 17.2 Å². The summed E-state index contributed by atoms with van der Waals surface area (Å²) in [6.07, 6.45) is 0. The van der Waals surface area contributed by atoms with Gasteiger partial charge in [-0.2, -0.15) is 0 Å². The van der Waals surface area contributed by atoms with Crippen molar-refractivity contribution in [2.24, 2.45) is 0 Å². The van der Waals surface area contributed by atoms with Gasteiger partial charge in [0.05, 0.1) is 32.6 Å². The van der Waals surface area contributed by atoms with Crippen molar-refractivity contribution in [1.82, 2.24) is 0 Å². The fourth-order valence-electron chi connectivity index (χ4n) is 2.26. The normalized spacial score (nSPS) is 9.92. The average molecular weight is 344 g/mol. The zero-order valence-electron chi connectivity index (χ0n) is 14.5. The van der Waals surface area contributed by atoms with Crippen LogP contribution in [0.3, 0.4) is 0 Å². The molecule has 0 bridgehead atoms. The number of rotatable bonds is 6. The van der Waals surface area contributed by atoms with Crippen molar-refractivity contribution >= 4 is 23.2 Å². The minimum Gasteiger partial charge on any atom is -0.497 e. The Balaban J connectivity index is 2.32.